The van der Waals surface area contributed by atoms with Gasteiger partial charge in [-0.25, -0.2) is 0 Å². The summed E-state index contributed by atoms with van der Waals surface area (Å²) in [6.07, 6.45) is 2.07. The van der Waals surface area contributed by atoms with Crippen molar-refractivity contribution in [2.45, 2.75) is 32.5 Å². The third kappa shape index (κ3) is 4.72. The average Bonchev–Trinajstić information content (AvgIpc) is 2.93. The summed E-state index contributed by atoms with van der Waals surface area (Å²) in [7, 11) is 5.98. The van der Waals surface area contributed by atoms with Crippen LogP contribution >= 0.6 is 0 Å². The Bertz CT molecular complexity index is 513. The number of morpholine rings is 1. The topological polar surface area (TPSA) is 45.0 Å². The Labute approximate surface area is 140 Å². The maximum atomic E-state index is 5.52. The predicted octanol–water partition coefficient (Wildman–Crippen LogP) is 1.14. The summed E-state index contributed by atoms with van der Waals surface area (Å²) in [4.78, 5) is 9.07. The number of guanidine groups is 1. The zero-order chi connectivity index (χ0) is 16.8. The van der Waals surface area contributed by atoms with Crippen LogP contribution in [0.3, 0.4) is 0 Å². The van der Waals surface area contributed by atoms with Gasteiger partial charge in [0.05, 0.1) is 19.8 Å². The number of hydrogen-bond donors (Lipinski definition) is 1. The summed E-state index contributed by atoms with van der Waals surface area (Å²) in [6.45, 7) is 8.87. The largest absolute Gasteiger partial charge is 0.379 e. The first-order valence-electron chi connectivity index (χ1n) is 8.38. The van der Waals surface area contributed by atoms with E-state index in [1.54, 1.807) is 0 Å². The van der Waals surface area contributed by atoms with Gasteiger partial charge in [0.25, 0.3) is 0 Å². The third-order valence-corrected chi connectivity index (χ3v) is 4.56. The number of aryl methyl sites for hydroxylation is 1. The van der Waals surface area contributed by atoms with Crippen LogP contribution in [0.4, 0.5) is 0 Å². The van der Waals surface area contributed by atoms with Crippen molar-refractivity contribution in [1.82, 2.24) is 19.7 Å². The molecule has 2 unspecified atom stereocenters. The van der Waals surface area contributed by atoms with E-state index in [0.29, 0.717) is 12.1 Å². The van der Waals surface area contributed by atoms with Crippen molar-refractivity contribution in [1.29, 1.82) is 0 Å². The highest BCUT2D eigenvalue weighted by molar-refractivity contribution is 5.79. The molecule has 1 aliphatic rings. The molecule has 23 heavy (non-hydrogen) atoms. The smallest absolute Gasteiger partial charge is 0.193 e. The van der Waals surface area contributed by atoms with Gasteiger partial charge in [-0.05, 0) is 26.0 Å². The molecule has 0 radical (unpaired) electrons. The number of nitrogens with one attached hydrogen (secondary N) is 1. The monoisotopic (exact) mass is 321 g/mol. The summed E-state index contributed by atoms with van der Waals surface area (Å²) >= 11 is 0. The van der Waals surface area contributed by atoms with Crippen LogP contribution in [0, 0.1) is 0 Å². The molecule has 0 saturated carbocycles. The van der Waals surface area contributed by atoms with Gasteiger partial charge in [0.15, 0.2) is 5.96 Å². The van der Waals surface area contributed by atoms with Crippen molar-refractivity contribution in [2.24, 2.45) is 12.0 Å². The Morgan fingerprint density at radius 3 is 2.96 bits per heavy atom. The molecule has 0 aromatic carbocycles. The molecule has 1 N–H and O–H groups in total. The highest BCUT2D eigenvalue weighted by Crippen LogP contribution is 2.10. The van der Waals surface area contributed by atoms with Crippen LogP contribution < -0.4 is 5.32 Å². The van der Waals surface area contributed by atoms with Crippen molar-refractivity contribution in [3.05, 3.63) is 24.0 Å². The first kappa shape index (κ1) is 17.8. The quantitative estimate of drug-likeness (QED) is 0.652. The molecular formula is C17H31N5O. The van der Waals surface area contributed by atoms with E-state index >= 15 is 0 Å². The molecule has 6 nitrogen and oxygen atoms in total. The van der Waals surface area contributed by atoms with Crippen LogP contribution in [0.1, 0.15) is 19.5 Å². The second-order valence-corrected chi connectivity index (χ2v) is 6.41. The summed E-state index contributed by atoms with van der Waals surface area (Å²) in [5.41, 5.74) is 1.27. The highest BCUT2D eigenvalue weighted by atomic mass is 16.5. The maximum Gasteiger partial charge on any atom is 0.193 e. The lowest BCUT2D eigenvalue weighted by molar-refractivity contribution is -0.0175. The van der Waals surface area contributed by atoms with E-state index in [1.165, 1.54) is 5.69 Å². The summed E-state index contributed by atoms with van der Waals surface area (Å²) in [5, 5.41) is 3.50. The normalized spacial score (nSPS) is 21.3. The molecule has 1 aromatic rings. The second-order valence-electron chi connectivity index (χ2n) is 6.41. The fourth-order valence-electron chi connectivity index (χ4n) is 3.11. The van der Waals surface area contributed by atoms with Crippen molar-refractivity contribution >= 4 is 5.96 Å². The van der Waals surface area contributed by atoms with Gasteiger partial charge in [0.2, 0.25) is 0 Å². The standard InChI is InChI=1S/C17H31N5O/c1-14(22-9-10-23-13-15(22)2)11-19-17(18-3)21(5)12-16-7-6-8-20(16)4/h6-8,14-15H,9-13H2,1-5H3,(H,18,19). The summed E-state index contributed by atoms with van der Waals surface area (Å²) in [6, 6.07) is 5.14. The molecular weight excluding hydrogens is 290 g/mol. The summed E-state index contributed by atoms with van der Waals surface area (Å²) < 4.78 is 7.66. The fourth-order valence-corrected chi connectivity index (χ4v) is 3.11. The molecule has 0 amide bonds. The molecule has 1 aromatic heterocycles. The van der Waals surface area contributed by atoms with E-state index in [9.17, 15) is 0 Å². The predicted molar refractivity (Wildman–Crippen MR) is 94.7 cm³/mol. The first-order valence-corrected chi connectivity index (χ1v) is 8.38. The Balaban J connectivity index is 1.85. The molecule has 2 atom stereocenters. The van der Waals surface area contributed by atoms with Crippen molar-refractivity contribution in [3.8, 4) is 0 Å². The molecule has 1 fully saturated rings. The Morgan fingerprint density at radius 1 is 1.57 bits per heavy atom. The van der Waals surface area contributed by atoms with Gasteiger partial charge < -0.3 is 19.5 Å². The van der Waals surface area contributed by atoms with E-state index in [1.807, 2.05) is 7.05 Å². The van der Waals surface area contributed by atoms with Crippen LogP contribution in [0.25, 0.3) is 0 Å². The maximum absolute atomic E-state index is 5.52. The Kier molecular flexibility index (Phi) is 6.47. The number of aliphatic imine (C=N–C) groups is 1. The van der Waals surface area contributed by atoms with Gasteiger partial charge in [-0.3, -0.25) is 9.89 Å². The van der Waals surface area contributed by atoms with E-state index in [-0.39, 0.29) is 0 Å². The molecule has 2 heterocycles. The number of ether oxygens (including phenoxy) is 1. The number of hydrogen-bond acceptors (Lipinski definition) is 3. The van der Waals surface area contributed by atoms with Crippen molar-refractivity contribution in [3.63, 3.8) is 0 Å². The van der Waals surface area contributed by atoms with Gasteiger partial charge in [-0.1, -0.05) is 0 Å². The molecule has 0 spiro atoms. The van der Waals surface area contributed by atoms with Crippen LogP contribution in [0.2, 0.25) is 0 Å². The highest BCUT2D eigenvalue weighted by Gasteiger charge is 2.23. The minimum atomic E-state index is 0.453. The van der Waals surface area contributed by atoms with E-state index in [0.717, 1.165) is 38.8 Å². The van der Waals surface area contributed by atoms with Crippen molar-refractivity contribution in [2.75, 3.05) is 40.4 Å². The molecule has 6 heteroatoms. The zero-order valence-electron chi connectivity index (χ0n) is 15.1. The number of aromatic nitrogens is 1. The first-order chi connectivity index (χ1) is 11.0. The molecule has 130 valence electrons. The molecule has 0 aliphatic carbocycles. The van der Waals surface area contributed by atoms with Crippen LogP contribution in [-0.4, -0.2) is 72.8 Å². The summed E-state index contributed by atoms with van der Waals surface area (Å²) in [5.74, 6) is 0.930. The molecule has 0 bridgehead atoms. The minimum Gasteiger partial charge on any atom is -0.379 e. The van der Waals surface area contributed by atoms with Gasteiger partial charge in [-0.15, -0.1) is 0 Å². The number of nitrogens with zero attached hydrogens (tertiary/aromatic N) is 4. The lowest BCUT2D eigenvalue weighted by Crippen LogP contribution is -2.53. The third-order valence-electron chi connectivity index (χ3n) is 4.56. The van der Waals surface area contributed by atoms with Crippen molar-refractivity contribution < 1.29 is 4.74 Å². The average molecular weight is 321 g/mol. The van der Waals surface area contributed by atoms with Crippen LogP contribution in [0.15, 0.2) is 23.3 Å². The Hall–Kier alpha value is -1.53. The lowest BCUT2D eigenvalue weighted by Gasteiger charge is -2.38. The second kappa shape index (κ2) is 8.36. The fraction of sp³-hybridized carbons (Fsp3) is 0.706. The zero-order valence-corrected chi connectivity index (χ0v) is 15.1. The SMILES string of the molecule is CN=C(NCC(C)N1CCOCC1C)N(C)Cc1cccn1C. The molecule has 1 saturated heterocycles. The minimum absolute atomic E-state index is 0.453. The van der Waals surface area contributed by atoms with Gasteiger partial charge in [0.1, 0.15) is 0 Å². The van der Waals surface area contributed by atoms with Crippen LogP contribution in [-0.2, 0) is 18.3 Å². The Morgan fingerprint density at radius 2 is 2.35 bits per heavy atom. The van der Waals surface area contributed by atoms with E-state index in [4.69, 9.17) is 4.74 Å². The molecule has 1 aliphatic heterocycles. The lowest BCUT2D eigenvalue weighted by atomic mass is 10.2. The van der Waals surface area contributed by atoms with Crippen LogP contribution in [0.5, 0.6) is 0 Å². The van der Waals surface area contributed by atoms with Gasteiger partial charge in [-0.2, -0.15) is 0 Å². The van der Waals surface area contributed by atoms with Gasteiger partial charge in [0, 0.05) is 58.2 Å². The van der Waals surface area contributed by atoms with E-state index < -0.39 is 0 Å². The molecule has 2 rings (SSSR count). The van der Waals surface area contributed by atoms with Gasteiger partial charge >= 0.3 is 0 Å². The number of rotatable bonds is 5. The van der Waals surface area contributed by atoms with E-state index in [2.05, 4.69) is 70.9 Å².